The highest BCUT2D eigenvalue weighted by molar-refractivity contribution is 5.69. The van der Waals surface area contributed by atoms with Crippen molar-refractivity contribution in [3.8, 4) is 0 Å². The van der Waals surface area contributed by atoms with E-state index in [1.807, 2.05) is 25.7 Å². The molecule has 1 aliphatic heterocycles. The van der Waals surface area contributed by atoms with Crippen molar-refractivity contribution in [1.29, 1.82) is 0 Å². The van der Waals surface area contributed by atoms with Crippen molar-refractivity contribution in [2.45, 2.75) is 51.2 Å². The van der Waals surface area contributed by atoms with Gasteiger partial charge in [0.2, 0.25) is 0 Å². The number of nitrogens with zero attached hydrogens (tertiary/aromatic N) is 2. The minimum absolute atomic E-state index is 0.00826. The van der Waals surface area contributed by atoms with Crippen LogP contribution in [0.1, 0.15) is 40.0 Å². The van der Waals surface area contributed by atoms with Gasteiger partial charge in [-0.2, -0.15) is 0 Å². The predicted octanol–water partition coefficient (Wildman–Crippen LogP) is 2.11. The Morgan fingerprint density at radius 3 is 2.45 bits per heavy atom. The lowest BCUT2D eigenvalue weighted by molar-refractivity contribution is -0.0667. The molecule has 0 aromatic carbocycles. The normalized spacial score (nSPS) is 22.7. The first-order valence-corrected chi connectivity index (χ1v) is 7.58. The number of ether oxygens (including phenoxy) is 2. The quantitative estimate of drug-likeness (QED) is 0.796. The fourth-order valence-electron chi connectivity index (χ4n) is 3.09. The van der Waals surface area contributed by atoms with Crippen LogP contribution in [0, 0.1) is 0 Å². The molecule has 2 fully saturated rings. The average Bonchev–Trinajstić information content (AvgIpc) is 2.31. The Bertz CT molecular complexity index is 348. The fourth-order valence-corrected chi connectivity index (χ4v) is 3.09. The third kappa shape index (κ3) is 3.44. The number of methoxy groups -OCH3 is 1. The van der Waals surface area contributed by atoms with E-state index in [1.54, 1.807) is 7.11 Å². The number of amides is 1. The maximum Gasteiger partial charge on any atom is 0.410 e. The lowest BCUT2D eigenvalue weighted by Gasteiger charge is -2.55. The second kappa shape index (κ2) is 5.90. The van der Waals surface area contributed by atoms with Crippen LogP contribution >= 0.6 is 0 Å². The summed E-state index contributed by atoms with van der Waals surface area (Å²) in [5, 5.41) is 0. The molecule has 5 heteroatoms. The minimum atomic E-state index is -0.421. The summed E-state index contributed by atoms with van der Waals surface area (Å²) in [7, 11) is 1.73. The molecular weight excluding hydrogens is 256 g/mol. The monoisotopic (exact) mass is 284 g/mol. The molecule has 1 heterocycles. The number of hydrogen-bond acceptors (Lipinski definition) is 4. The van der Waals surface area contributed by atoms with E-state index in [0.29, 0.717) is 0 Å². The predicted molar refractivity (Wildman–Crippen MR) is 77.8 cm³/mol. The molecule has 0 bridgehead atoms. The highest BCUT2D eigenvalue weighted by Crippen LogP contribution is 2.41. The van der Waals surface area contributed by atoms with Gasteiger partial charge >= 0.3 is 6.09 Å². The van der Waals surface area contributed by atoms with Crippen LogP contribution in [-0.4, -0.2) is 66.9 Å². The number of piperazine rings is 1. The number of rotatable bonds is 3. The van der Waals surface area contributed by atoms with Crippen LogP contribution in [0.3, 0.4) is 0 Å². The Hall–Kier alpha value is -0.810. The van der Waals surface area contributed by atoms with Gasteiger partial charge in [0, 0.05) is 33.3 Å². The molecule has 116 valence electrons. The standard InChI is InChI=1S/C15H28N2O3/c1-14(2,3)20-13(18)17-9-8-16(10-11-19-4)12-15(17)6-5-7-15/h5-12H2,1-4H3. The Balaban J connectivity index is 1.98. The smallest absolute Gasteiger partial charge is 0.410 e. The van der Waals surface area contributed by atoms with Gasteiger partial charge in [0.15, 0.2) is 0 Å². The van der Waals surface area contributed by atoms with Crippen molar-refractivity contribution >= 4 is 6.09 Å². The molecule has 1 saturated heterocycles. The van der Waals surface area contributed by atoms with Crippen molar-refractivity contribution in [3.05, 3.63) is 0 Å². The molecule has 0 atom stereocenters. The van der Waals surface area contributed by atoms with Crippen LogP contribution in [-0.2, 0) is 9.47 Å². The second-order valence-electron chi connectivity index (χ2n) is 6.98. The zero-order valence-electron chi connectivity index (χ0n) is 13.3. The SMILES string of the molecule is COCCN1CCN(C(=O)OC(C)(C)C)C2(CCC2)C1. The summed E-state index contributed by atoms with van der Waals surface area (Å²) in [6.45, 7) is 10.1. The fraction of sp³-hybridized carbons (Fsp3) is 0.933. The molecule has 0 aromatic rings. The maximum absolute atomic E-state index is 12.4. The van der Waals surface area contributed by atoms with Crippen molar-refractivity contribution in [2.75, 3.05) is 39.9 Å². The van der Waals surface area contributed by atoms with Crippen LogP contribution in [0.4, 0.5) is 4.79 Å². The van der Waals surface area contributed by atoms with Crippen LogP contribution in [0.15, 0.2) is 0 Å². The zero-order valence-corrected chi connectivity index (χ0v) is 13.3. The lowest BCUT2D eigenvalue weighted by Crippen LogP contribution is -2.67. The number of carbonyl (C=O) groups excluding carboxylic acids is 1. The molecule has 1 aliphatic carbocycles. The topological polar surface area (TPSA) is 42.0 Å². The van der Waals surface area contributed by atoms with E-state index in [0.717, 1.165) is 45.6 Å². The highest BCUT2D eigenvalue weighted by Gasteiger charge is 2.49. The van der Waals surface area contributed by atoms with Gasteiger partial charge in [0.1, 0.15) is 5.60 Å². The van der Waals surface area contributed by atoms with Gasteiger partial charge in [-0.1, -0.05) is 0 Å². The van der Waals surface area contributed by atoms with Crippen molar-refractivity contribution in [2.24, 2.45) is 0 Å². The molecule has 0 aromatic heterocycles. The highest BCUT2D eigenvalue weighted by atomic mass is 16.6. The first kappa shape index (κ1) is 15.6. The Morgan fingerprint density at radius 2 is 1.95 bits per heavy atom. The van der Waals surface area contributed by atoms with E-state index < -0.39 is 5.60 Å². The summed E-state index contributed by atoms with van der Waals surface area (Å²) in [6.07, 6.45) is 3.24. The first-order chi connectivity index (χ1) is 9.36. The number of carbonyl (C=O) groups is 1. The molecular formula is C15H28N2O3. The summed E-state index contributed by atoms with van der Waals surface area (Å²) < 4.78 is 10.7. The maximum atomic E-state index is 12.4. The Kier molecular flexibility index (Phi) is 4.59. The Morgan fingerprint density at radius 1 is 1.25 bits per heavy atom. The van der Waals surface area contributed by atoms with Crippen molar-refractivity contribution in [1.82, 2.24) is 9.80 Å². The third-order valence-electron chi connectivity index (χ3n) is 4.24. The third-order valence-corrected chi connectivity index (χ3v) is 4.24. The van der Waals surface area contributed by atoms with Crippen LogP contribution < -0.4 is 0 Å². The van der Waals surface area contributed by atoms with E-state index in [9.17, 15) is 4.79 Å². The molecule has 20 heavy (non-hydrogen) atoms. The van der Waals surface area contributed by atoms with Gasteiger partial charge < -0.3 is 9.47 Å². The van der Waals surface area contributed by atoms with Gasteiger partial charge in [0.05, 0.1) is 12.1 Å². The Labute approximate surface area is 122 Å². The molecule has 2 aliphatic rings. The molecule has 1 saturated carbocycles. The van der Waals surface area contributed by atoms with E-state index in [-0.39, 0.29) is 11.6 Å². The van der Waals surface area contributed by atoms with Crippen LogP contribution in [0.2, 0.25) is 0 Å². The van der Waals surface area contributed by atoms with Crippen molar-refractivity contribution in [3.63, 3.8) is 0 Å². The summed E-state index contributed by atoms with van der Waals surface area (Å²) in [5.74, 6) is 0. The van der Waals surface area contributed by atoms with Gasteiger partial charge in [-0.25, -0.2) is 4.79 Å². The van der Waals surface area contributed by atoms with E-state index >= 15 is 0 Å². The molecule has 0 N–H and O–H groups in total. The minimum Gasteiger partial charge on any atom is -0.444 e. The van der Waals surface area contributed by atoms with E-state index in [1.165, 1.54) is 6.42 Å². The molecule has 1 amide bonds. The molecule has 0 unspecified atom stereocenters. The molecule has 5 nitrogen and oxygen atoms in total. The van der Waals surface area contributed by atoms with Crippen molar-refractivity contribution < 1.29 is 14.3 Å². The summed E-state index contributed by atoms with van der Waals surface area (Å²) >= 11 is 0. The number of hydrogen-bond donors (Lipinski definition) is 0. The van der Waals surface area contributed by atoms with Gasteiger partial charge in [-0.3, -0.25) is 9.80 Å². The van der Waals surface area contributed by atoms with Gasteiger partial charge in [-0.05, 0) is 40.0 Å². The summed E-state index contributed by atoms with van der Waals surface area (Å²) in [4.78, 5) is 16.8. The van der Waals surface area contributed by atoms with Crippen LogP contribution in [0.25, 0.3) is 0 Å². The van der Waals surface area contributed by atoms with Crippen LogP contribution in [0.5, 0.6) is 0 Å². The first-order valence-electron chi connectivity index (χ1n) is 7.58. The summed E-state index contributed by atoms with van der Waals surface area (Å²) in [6, 6.07) is 0. The van der Waals surface area contributed by atoms with Gasteiger partial charge in [0.25, 0.3) is 0 Å². The zero-order chi connectivity index (χ0) is 14.8. The van der Waals surface area contributed by atoms with Gasteiger partial charge in [-0.15, -0.1) is 0 Å². The lowest BCUT2D eigenvalue weighted by atomic mass is 9.74. The average molecular weight is 284 g/mol. The van der Waals surface area contributed by atoms with E-state index in [4.69, 9.17) is 9.47 Å². The summed E-state index contributed by atoms with van der Waals surface area (Å²) in [5.41, 5.74) is -0.413. The molecule has 0 radical (unpaired) electrons. The second-order valence-corrected chi connectivity index (χ2v) is 6.98. The van der Waals surface area contributed by atoms with E-state index in [2.05, 4.69) is 4.90 Å². The largest absolute Gasteiger partial charge is 0.444 e. The molecule has 2 rings (SSSR count). The molecule has 1 spiro atoms.